The van der Waals surface area contributed by atoms with Crippen LogP contribution in [0.5, 0.6) is 0 Å². The number of aromatic nitrogens is 1. The van der Waals surface area contributed by atoms with E-state index in [1.165, 1.54) is 17.0 Å². The van der Waals surface area contributed by atoms with Gasteiger partial charge in [-0.1, -0.05) is 18.2 Å². The van der Waals surface area contributed by atoms with Gasteiger partial charge in [0.15, 0.2) is 5.43 Å². The highest BCUT2D eigenvalue weighted by Gasteiger charge is 2.20. The molecule has 4 nitrogen and oxygen atoms in total. The summed E-state index contributed by atoms with van der Waals surface area (Å²) in [5, 5.41) is 0.474. The number of amides is 1. The van der Waals surface area contributed by atoms with Crippen LogP contribution in [0.15, 0.2) is 53.3 Å². The van der Waals surface area contributed by atoms with Crippen LogP contribution in [-0.2, 0) is 6.54 Å². The molecule has 0 bridgehead atoms. The van der Waals surface area contributed by atoms with Crippen LogP contribution in [0.1, 0.15) is 23.0 Å². The fourth-order valence-electron chi connectivity index (χ4n) is 2.68. The molecule has 0 radical (unpaired) electrons. The highest BCUT2D eigenvalue weighted by Crippen LogP contribution is 2.16. The Balaban J connectivity index is 1.97. The van der Waals surface area contributed by atoms with E-state index in [9.17, 15) is 18.4 Å². The van der Waals surface area contributed by atoms with Gasteiger partial charge in [0.2, 0.25) is 0 Å². The molecular weight excluding hydrogens is 326 g/mol. The van der Waals surface area contributed by atoms with Crippen LogP contribution in [-0.4, -0.2) is 22.3 Å². The molecule has 0 atom stereocenters. The molecular formula is C19H16F2N2O2. The van der Waals surface area contributed by atoms with Crippen molar-refractivity contribution in [1.82, 2.24) is 9.88 Å². The lowest BCUT2D eigenvalue weighted by molar-refractivity contribution is 0.0744. The van der Waals surface area contributed by atoms with Crippen molar-refractivity contribution in [3.8, 4) is 0 Å². The molecule has 3 rings (SSSR count). The van der Waals surface area contributed by atoms with Crippen LogP contribution in [0.25, 0.3) is 10.9 Å². The van der Waals surface area contributed by atoms with Crippen LogP contribution in [0, 0.1) is 11.6 Å². The summed E-state index contributed by atoms with van der Waals surface area (Å²) in [5.41, 5.74) is 0.153. The number of hydrogen-bond donors (Lipinski definition) is 1. The molecule has 0 aliphatic carbocycles. The van der Waals surface area contributed by atoms with E-state index in [0.29, 0.717) is 10.9 Å². The van der Waals surface area contributed by atoms with Crippen molar-refractivity contribution in [2.24, 2.45) is 0 Å². The summed E-state index contributed by atoms with van der Waals surface area (Å²) in [7, 11) is 0. The topological polar surface area (TPSA) is 53.2 Å². The molecule has 1 aromatic heterocycles. The minimum Gasteiger partial charge on any atom is -0.350 e. The third kappa shape index (κ3) is 3.28. The minimum atomic E-state index is -0.710. The van der Waals surface area contributed by atoms with E-state index in [-0.39, 0.29) is 29.8 Å². The van der Waals surface area contributed by atoms with Crippen LogP contribution in [0.4, 0.5) is 8.78 Å². The first-order valence-electron chi connectivity index (χ1n) is 7.85. The Labute approximate surface area is 142 Å². The number of pyridine rings is 1. The number of carbonyl (C=O) groups is 1. The fraction of sp³-hybridized carbons (Fsp3) is 0.158. The van der Waals surface area contributed by atoms with E-state index >= 15 is 0 Å². The molecule has 25 heavy (non-hydrogen) atoms. The first kappa shape index (κ1) is 16.8. The second-order valence-electron chi connectivity index (χ2n) is 5.61. The van der Waals surface area contributed by atoms with Crippen LogP contribution in [0.2, 0.25) is 0 Å². The monoisotopic (exact) mass is 342 g/mol. The van der Waals surface area contributed by atoms with Crippen LogP contribution >= 0.6 is 0 Å². The number of carbonyl (C=O) groups excluding carboxylic acids is 1. The number of halogens is 2. The predicted molar refractivity (Wildman–Crippen MR) is 91.3 cm³/mol. The van der Waals surface area contributed by atoms with E-state index < -0.39 is 17.5 Å². The van der Waals surface area contributed by atoms with E-state index in [0.717, 1.165) is 12.1 Å². The molecule has 0 spiro atoms. The number of rotatable bonds is 4. The van der Waals surface area contributed by atoms with Gasteiger partial charge in [-0.25, -0.2) is 8.78 Å². The normalized spacial score (nSPS) is 10.8. The minimum absolute atomic E-state index is 0.0855. The molecule has 3 aromatic rings. The molecule has 1 heterocycles. The van der Waals surface area contributed by atoms with Crippen molar-refractivity contribution < 1.29 is 13.6 Å². The first-order chi connectivity index (χ1) is 12.0. The summed E-state index contributed by atoms with van der Waals surface area (Å²) in [6.45, 7) is 1.72. The fourth-order valence-corrected chi connectivity index (χ4v) is 2.68. The van der Waals surface area contributed by atoms with Crippen LogP contribution < -0.4 is 5.43 Å². The Morgan fingerprint density at radius 3 is 2.44 bits per heavy atom. The van der Waals surface area contributed by atoms with Crippen molar-refractivity contribution in [1.29, 1.82) is 0 Å². The number of H-pyrrole nitrogens is 1. The molecule has 0 saturated heterocycles. The summed E-state index contributed by atoms with van der Waals surface area (Å²) in [6, 6.07) is 11.6. The van der Waals surface area contributed by atoms with Gasteiger partial charge < -0.3 is 9.88 Å². The molecule has 6 heteroatoms. The summed E-state index contributed by atoms with van der Waals surface area (Å²) in [4.78, 5) is 29.1. The van der Waals surface area contributed by atoms with Crippen molar-refractivity contribution in [2.45, 2.75) is 13.5 Å². The lowest BCUT2D eigenvalue weighted by Gasteiger charge is -2.21. The Morgan fingerprint density at radius 2 is 1.76 bits per heavy atom. The van der Waals surface area contributed by atoms with Crippen molar-refractivity contribution in [3.63, 3.8) is 0 Å². The summed E-state index contributed by atoms with van der Waals surface area (Å²) >= 11 is 0. The quantitative estimate of drug-likeness (QED) is 0.789. The van der Waals surface area contributed by atoms with Gasteiger partial charge in [-0.15, -0.1) is 0 Å². The zero-order valence-electron chi connectivity index (χ0n) is 13.6. The third-order valence-corrected chi connectivity index (χ3v) is 4.05. The van der Waals surface area contributed by atoms with E-state index in [2.05, 4.69) is 4.98 Å². The van der Waals surface area contributed by atoms with Gasteiger partial charge in [0.05, 0.1) is 6.54 Å². The molecule has 1 amide bonds. The van der Waals surface area contributed by atoms with Gasteiger partial charge in [-0.3, -0.25) is 9.59 Å². The number of benzene rings is 2. The third-order valence-electron chi connectivity index (χ3n) is 4.05. The highest BCUT2D eigenvalue weighted by atomic mass is 19.1. The summed E-state index contributed by atoms with van der Waals surface area (Å²) in [5.74, 6) is -1.91. The standard InChI is InChI=1S/C19H16F2N2O2/c1-2-23(11-13-14(20)7-5-8-15(13)21)19(25)17-10-18(24)12-6-3-4-9-16(12)22-17/h3-10H,2,11H2,1H3,(H,22,24). The predicted octanol–water partition coefficient (Wildman–Crippen LogP) is 3.47. The van der Waals surface area contributed by atoms with Gasteiger partial charge in [0, 0.05) is 29.1 Å². The van der Waals surface area contributed by atoms with Crippen LogP contribution in [0.3, 0.4) is 0 Å². The maximum Gasteiger partial charge on any atom is 0.270 e. The molecule has 0 aliphatic heterocycles. The van der Waals surface area contributed by atoms with E-state index in [4.69, 9.17) is 0 Å². The maximum atomic E-state index is 13.8. The Kier molecular flexibility index (Phi) is 4.61. The number of hydrogen-bond acceptors (Lipinski definition) is 2. The number of fused-ring (bicyclic) bond motifs is 1. The second-order valence-corrected chi connectivity index (χ2v) is 5.61. The number of para-hydroxylation sites is 1. The van der Waals surface area contributed by atoms with E-state index in [1.807, 2.05) is 0 Å². The molecule has 0 unspecified atom stereocenters. The average molecular weight is 342 g/mol. The molecule has 0 saturated carbocycles. The Hall–Kier alpha value is -3.02. The number of nitrogens with zero attached hydrogens (tertiary/aromatic N) is 1. The van der Waals surface area contributed by atoms with Gasteiger partial charge in [-0.2, -0.15) is 0 Å². The zero-order chi connectivity index (χ0) is 18.0. The largest absolute Gasteiger partial charge is 0.350 e. The lowest BCUT2D eigenvalue weighted by atomic mass is 10.1. The van der Waals surface area contributed by atoms with Gasteiger partial charge in [-0.05, 0) is 31.2 Å². The second kappa shape index (κ2) is 6.84. The Morgan fingerprint density at radius 1 is 1.08 bits per heavy atom. The van der Waals surface area contributed by atoms with Gasteiger partial charge in [0.25, 0.3) is 5.91 Å². The van der Waals surface area contributed by atoms with Crippen molar-refractivity contribution >= 4 is 16.8 Å². The summed E-state index contributed by atoms with van der Waals surface area (Å²) < 4.78 is 27.7. The smallest absolute Gasteiger partial charge is 0.270 e. The molecule has 1 N–H and O–H groups in total. The highest BCUT2D eigenvalue weighted by molar-refractivity contribution is 5.94. The Bertz CT molecular complexity index is 978. The lowest BCUT2D eigenvalue weighted by Crippen LogP contribution is -2.32. The van der Waals surface area contributed by atoms with Crippen molar-refractivity contribution in [2.75, 3.05) is 6.54 Å². The first-order valence-corrected chi connectivity index (χ1v) is 7.85. The molecule has 0 aliphatic rings. The van der Waals surface area contributed by atoms with Gasteiger partial charge >= 0.3 is 0 Å². The van der Waals surface area contributed by atoms with Crippen molar-refractivity contribution in [3.05, 3.63) is 81.6 Å². The number of aromatic amines is 1. The average Bonchev–Trinajstić information content (AvgIpc) is 2.61. The van der Waals surface area contributed by atoms with E-state index in [1.54, 1.807) is 31.2 Å². The van der Waals surface area contributed by atoms with Gasteiger partial charge in [0.1, 0.15) is 17.3 Å². The molecule has 0 fully saturated rings. The number of nitrogens with one attached hydrogen (secondary N) is 1. The maximum absolute atomic E-state index is 13.8. The SMILES string of the molecule is CCN(Cc1c(F)cccc1F)C(=O)c1cc(=O)c2ccccc2[nH]1. The molecule has 128 valence electrons. The summed E-state index contributed by atoms with van der Waals surface area (Å²) in [6.07, 6.45) is 0. The molecule has 2 aromatic carbocycles. The zero-order valence-corrected chi connectivity index (χ0v) is 13.6.